The molecule has 0 fully saturated rings. The van der Waals surface area contributed by atoms with Gasteiger partial charge < -0.3 is 0 Å². The van der Waals surface area contributed by atoms with Gasteiger partial charge in [-0.05, 0) is 36.8 Å². The van der Waals surface area contributed by atoms with E-state index in [1.807, 2.05) is 6.92 Å². The summed E-state index contributed by atoms with van der Waals surface area (Å²) in [6, 6.07) is 9.73. The van der Waals surface area contributed by atoms with Crippen LogP contribution in [-0.4, -0.2) is 13.4 Å². The largest absolute Gasteiger partial charge is 0.240 e. The van der Waals surface area contributed by atoms with Crippen molar-refractivity contribution in [2.75, 3.05) is 0 Å². The first-order valence-corrected chi connectivity index (χ1v) is 7.99. The lowest BCUT2D eigenvalue weighted by molar-refractivity contribution is 0.581. The summed E-state index contributed by atoms with van der Waals surface area (Å²) < 4.78 is 26.7. The van der Waals surface area contributed by atoms with Crippen LogP contribution in [0.5, 0.6) is 0 Å². The highest BCUT2D eigenvalue weighted by Crippen LogP contribution is 2.16. The second-order valence-electron chi connectivity index (χ2n) is 4.26. The number of hydrogen-bond donors (Lipinski definition) is 1. The monoisotopic (exact) mass is 330 g/mol. The fraction of sp³-hybridized carbons (Fsp3) is 0.154. The first kappa shape index (κ1) is 15.3. The molecule has 1 heterocycles. The van der Waals surface area contributed by atoms with Crippen LogP contribution in [0.1, 0.15) is 11.1 Å². The van der Waals surface area contributed by atoms with Crippen molar-refractivity contribution in [3.8, 4) is 0 Å². The van der Waals surface area contributed by atoms with E-state index in [1.165, 1.54) is 0 Å². The van der Waals surface area contributed by atoms with Crippen molar-refractivity contribution in [1.82, 2.24) is 9.71 Å². The van der Waals surface area contributed by atoms with Crippen molar-refractivity contribution in [3.05, 3.63) is 57.8 Å². The van der Waals surface area contributed by atoms with Gasteiger partial charge in [0.05, 0.1) is 4.90 Å². The van der Waals surface area contributed by atoms with Gasteiger partial charge in [-0.2, -0.15) is 0 Å². The molecule has 0 spiro atoms. The lowest BCUT2D eigenvalue weighted by Crippen LogP contribution is -2.23. The number of aryl methyl sites for hydroxylation is 1. The summed E-state index contributed by atoms with van der Waals surface area (Å²) in [4.78, 5) is 4.02. The van der Waals surface area contributed by atoms with E-state index >= 15 is 0 Å². The Morgan fingerprint density at radius 3 is 2.20 bits per heavy atom. The maximum Gasteiger partial charge on any atom is 0.240 e. The van der Waals surface area contributed by atoms with Gasteiger partial charge in [0.25, 0.3) is 0 Å². The molecule has 0 unspecified atom stereocenters. The third kappa shape index (κ3) is 3.93. The molecule has 4 nitrogen and oxygen atoms in total. The van der Waals surface area contributed by atoms with Gasteiger partial charge >= 0.3 is 0 Å². The van der Waals surface area contributed by atoms with Crippen LogP contribution in [-0.2, 0) is 16.6 Å². The molecule has 0 bridgehead atoms. The molecule has 0 aliphatic heterocycles. The average molecular weight is 331 g/mol. The normalized spacial score (nSPS) is 11.6. The molecular weight excluding hydrogens is 319 g/mol. The van der Waals surface area contributed by atoms with Crippen LogP contribution in [0.15, 0.2) is 41.3 Å². The number of hydrogen-bond acceptors (Lipinski definition) is 3. The molecule has 0 atom stereocenters. The zero-order valence-corrected chi connectivity index (χ0v) is 12.9. The molecule has 0 saturated heterocycles. The summed E-state index contributed by atoms with van der Waals surface area (Å²) in [6.07, 6.45) is 0. The highest BCUT2D eigenvalue weighted by atomic mass is 35.5. The van der Waals surface area contributed by atoms with Crippen molar-refractivity contribution >= 4 is 33.2 Å². The van der Waals surface area contributed by atoms with E-state index in [0.29, 0.717) is 5.56 Å². The van der Waals surface area contributed by atoms with Crippen LogP contribution in [0, 0.1) is 6.92 Å². The summed E-state index contributed by atoms with van der Waals surface area (Å²) >= 11 is 11.5. The number of nitrogens with one attached hydrogen (secondary N) is 1. The van der Waals surface area contributed by atoms with Crippen LogP contribution in [0.4, 0.5) is 0 Å². The van der Waals surface area contributed by atoms with Gasteiger partial charge in [-0.25, -0.2) is 18.1 Å². The quantitative estimate of drug-likeness (QED) is 0.876. The molecule has 1 aromatic heterocycles. The zero-order chi connectivity index (χ0) is 14.8. The fourth-order valence-electron chi connectivity index (χ4n) is 1.60. The number of benzene rings is 1. The molecule has 2 aromatic rings. The third-order valence-electron chi connectivity index (χ3n) is 2.62. The third-order valence-corrected chi connectivity index (χ3v) is 4.42. The number of halogens is 2. The molecule has 0 amide bonds. The minimum Gasteiger partial charge on any atom is -0.224 e. The maximum absolute atomic E-state index is 12.1. The van der Waals surface area contributed by atoms with Crippen molar-refractivity contribution in [2.24, 2.45) is 0 Å². The zero-order valence-electron chi connectivity index (χ0n) is 10.6. The van der Waals surface area contributed by atoms with Gasteiger partial charge in [0.2, 0.25) is 10.0 Å². The second kappa shape index (κ2) is 6.10. The lowest BCUT2D eigenvalue weighted by Gasteiger charge is -2.07. The highest BCUT2D eigenvalue weighted by molar-refractivity contribution is 7.89. The molecule has 1 N–H and O–H groups in total. The topological polar surface area (TPSA) is 59.1 Å². The number of pyridine rings is 1. The van der Waals surface area contributed by atoms with Crippen molar-refractivity contribution in [3.63, 3.8) is 0 Å². The Bertz CT molecular complexity index is 695. The van der Waals surface area contributed by atoms with Crippen molar-refractivity contribution in [2.45, 2.75) is 18.4 Å². The maximum atomic E-state index is 12.1. The number of rotatable bonds is 4. The van der Waals surface area contributed by atoms with Crippen LogP contribution in [0.25, 0.3) is 0 Å². The molecular formula is C13H12Cl2N2O2S. The van der Waals surface area contributed by atoms with Crippen LogP contribution < -0.4 is 4.72 Å². The first-order valence-electron chi connectivity index (χ1n) is 5.75. The predicted octanol–water partition coefficient (Wildman–Crippen LogP) is 3.18. The fourth-order valence-corrected chi connectivity index (χ4v) is 3.12. The predicted molar refractivity (Wildman–Crippen MR) is 79.5 cm³/mol. The molecule has 0 saturated carbocycles. The lowest BCUT2D eigenvalue weighted by atomic mass is 10.2. The Kier molecular flexibility index (Phi) is 4.65. The van der Waals surface area contributed by atoms with E-state index in [9.17, 15) is 8.42 Å². The van der Waals surface area contributed by atoms with Crippen LogP contribution in [0.3, 0.4) is 0 Å². The SMILES string of the molecule is Cc1ccc(S(=O)(=O)NCc2cc(Cl)nc(Cl)c2)cc1. The van der Waals surface area contributed by atoms with Gasteiger partial charge in [-0.15, -0.1) is 0 Å². The van der Waals surface area contributed by atoms with E-state index < -0.39 is 10.0 Å². The van der Waals surface area contributed by atoms with Crippen LogP contribution in [0.2, 0.25) is 10.3 Å². The molecule has 106 valence electrons. The smallest absolute Gasteiger partial charge is 0.224 e. The Balaban J connectivity index is 2.15. The Labute approximate surface area is 127 Å². The summed E-state index contributed by atoms with van der Waals surface area (Å²) in [5.74, 6) is 0. The van der Waals surface area contributed by atoms with Gasteiger partial charge in [-0.3, -0.25) is 0 Å². The highest BCUT2D eigenvalue weighted by Gasteiger charge is 2.13. The number of sulfonamides is 1. The Hall–Kier alpha value is -1.14. The van der Waals surface area contributed by atoms with Gasteiger partial charge in [-0.1, -0.05) is 40.9 Å². The summed E-state index contributed by atoms with van der Waals surface area (Å²) in [5, 5.41) is 0.448. The van der Waals surface area contributed by atoms with Gasteiger partial charge in [0, 0.05) is 6.54 Å². The molecule has 1 aromatic carbocycles. The van der Waals surface area contributed by atoms with Gasteiger partial charge in [0.1, 0.15) is 10.3 Å². The summed E-state index contributed by atoms with van der Waals surface area (Å²) in [6.45, 7) is 1.99. The van der Waals surface area contributed by atoms with E-state index in [4.69, 9.17) is 23.2 Å². The van der Waals surface area contributed by atoms with E-state index in [2.05, 4.69) is 9.71 Å². The molecule has 7 heteroatoms. The van der Waals surface area contributed by atoms with Crippen LogP contribution >= 0.6 is 23.2 Å². The molecule has 0 aliphatic rings. The van der Waals surface area contributed by atoms with Gasteiger partial charge in [0.15, 0.2) is 0 Å². The number of aromatic nitrogens is 1. The van der Waals surface area contributed by atoms with E-state index in [1.54, 1.807) is 36.4 Å². The summed E-state index contributed by atoms with van der Waals surface area (Å²) in [7, 11) is -3.56. The number of nitrogens with zero attached hydrogens (tertiary/aromatic N) is 1. The minimum atomic E-state index is -3.56. The van der Waals surface area contributed by atoms with Crippen molar-refractivity contribution < 1.29 is 8.42 Å². The molecule has 2 rings (SSSR count). The summed E-state index contributed by atoms with van der Waals surface area (Å²) in [5.41, 5.74) is 1.64. The standard InChI is InChI=1S/C13H12Cl2N2O2S/c1-9-2-4-11(5-3-9)20(18,19)16-8-10-6-12(14)17-13(15)7-10/h2-7,16H,8H2,1H3. The molecule has 0 radical (unpaired) electrons. The average Bonchev–Trinajstić information content (AvgIpc) is 2.36. The van der Waals surface area contributed by atoms with Crippen molar-refractivity contribution in [1.29, 1.82) is 0 Å². The Morgan fingerprint density at radius 1 is 1.10 bits per heavy atom. The first-order chi connectivity index (χ1) is 9.37. The van der Waals surface area contributed by atoms with E-state index in [0.717, 1.165) is 5.56 Å². The molecule has 0 aliphatic carbocycles. The molecule has 20 heavy (non-hydrogen) atoms. The second-order valence-corrected chi connectivity index (χ2v) is 6.80. The Morgan fingerprint density at radius 2 is 1.65 bits per heavy atom. The minimum absolute atomic E-state index is 0.0954. The van der Waals surface area contributed by atoms with E-state index in [-0.39, 0.29) is 21.7 Å².